The van der Waals surface area contributed by atoms with Crippen molar-refractivity contribution in [3.05, 3.63) is 29.6 Å². The number of hydrogen-bond donors (Lipinski definition) is 0. The van der Waals surface area contributed by atoms with Crippen LogP contribution in [0.1, 0.15) is 71.3 Å². The lowest BCUT2D eigenvalue weighted by Crippen LogP contribution is -2.51. The molecule has 0 aliphatic carbocycles. The number of ether oxygens (including phenoxy) is 1. The first-order valence-corrected chi connectivity index (χ1v) is 10.3. The molecule has 0 heterocycles. The van der Waals surface area contributed by atoms with Crippen molar-refractivity contribution in [2.45, 2.75) is 72.6 Å². The molecule has 25 heavy (non-hydrogen) atoms. The van der Waals surface area contributed by atoms with Gasteiger partial charge in [0.1, 0.15) is 0 Å². The van der Waals surface area contributed by atoms with E-state index in [9.17, 15) is 4.39 Å². The van der Waals surface area contributed by atoms with E-state index in [1.54, 1.807) is 12.1 Å². The van der Waals surface area contributed by atoms with Gasteiger partial charge in [-0.1, -0.05) is 46.1 Å². The summed E-state index contributed by atoms with van der Waals surface area (Å²) in [5.74, 6) is 0.142. The molecule has 0 saturated heterocycles. The molecule has 0 aliphatic heterocycles. The van der Waals surface area contributed by atoms with Crippen LogP contribution in [0.5, 0.6) is 5.75 Å². The highest BCUT2D eigenvalue weighted by molar-refractivity contribution is 5.28. The van der Waals surface area contributed by atoms with Gasteiger partial charge in [0.05, 0.1) is 32.8 Å². The first kappa shape index (κ1) is 22.0. The zero-order chi connectivity index (χ0) is 18.5. The van der Waals surface area contributed by atoms with Gasteiger partial charge in [0, 0.05) is 6.42 Å². The molecule has 0 N–H and O–H groups in total. The number of benzene rings is 1. The summed E-state index contributed by atoms with van der Waals surface area (Å²) in [7, 11) is 0. The Balaban J connectivity index is 2.59. The predicted octanol–water partition coefficient (Wildman–Crippen LogP) is 6.12. The van der Waals surface area contributed by atoms with Gasteiger partial charge < -0.3 is 9.22 Å². The number of aryl methyl sites for hydroxylation is 1. The largest absolute Gasteiger partial charge is 0.490 e. The van der Waals surface area contributed by atoms with Crippen molar-refractivity contribution < 1.29 is 13.6 Å². The maximum absolute atomic E-state index is 13.9. The van der Waals surface area contributed by atoms with Crippen LogP contribution < -0.4 is 4.74 Å². The van der Waals surface area contributed by atoms with E-state index in [2.05, 4.69) is 20.8 Å². The maximum atomic E-state index is 13.9. The topological polar surface area (TPSA) is 9.23 Å². The van der Waals surface area contributed by atoms with Crippen molar-refractivity contribution in [3.8, 4) is 5.75 Å². The average Bonchev–Trinajstić information content (AvgIpc) is 2.61. The molecule has 0 bridgehead atoms. The lowest BCUT2D eigenvalue weighted by atomic mass is 10.1. The molecule has 1 aromatic rings. The number of nitrogens with zero attached hydrogens (tertiary/aromatic N) is 1. The number of quaternary nitrogens is 1. The SMILES string of the molecule is CCCC[N+](CCCC)(CCCC)CCCOc1ccc(C)cc1F. The van der Waals surface area contributed by atoms with Crippen molar-refractivity contribution in [1.82, 2.24) is 0 Å². The highest BCUT2D eigenvalue weighted by Gasteiger charge is 2.25. The molecule has 0 aromatic heterocycles. The predicted molar refractivity (Wildman–Crippen MR) is 106 cm³/mol. The summed E-state index contributed by atoms with van der Waals surface area (Å²) in [6, 6.07) is 5.19. The molecule has 0 aliphatic rings. The van der Waals surface area contributed by atoms with E-state index in [4.69, 9.17) is 4.74 Å². The van der Waals surface area contributed by atoms with E-state index in [0.29, 0.717) is 12.4 Å². The second-order valence-corrected chi connectivity index (χ2v) is 7.43. The van der Waals surface area contributed by atoms with Crippen molar-refractivity contribution in [2.24, 2.45) is 0 Å². The highest BCUT2D eigenvalue weighted by Crippen LogP contribution is 2.19. The van der Waals surface area contributed by atoms with Crippen molar-refractivity contribution >= 4 is 0 Å². The van der Waals surface area contributed by atoms with Gasteiger partial charge in [0.2, 0.25) is 0 Å². The quantitative estimate of drug-likeness (QED) is 0.289. The van der Waals surface area contributed by atoms with Gasteiger partial charge in [-0.15, -0.1) is 0 Å². The monoisotopic (exact) mass is 352 g/mol. The molecule has 0 atom stereocenters. The Labute approximate surface area is 155 Å². The summed E-state index contributed by atoms with van der Waals surface area (Å²) in [5, 5.41) is 0. The molecular weight excluding hydrogens is 313 g/mol. The standard InChI is InChI=1S/C22H39FNO/c1-5-8-14-24(15-9-6-2,16-10-7-3)17-11-18-25-22-13-12-20(4)19-21(22)23/h12-13,19H,5-11,14-18H2,1-4H3/q+1. The van der Waals surface area contributed by atoms with Gasteiger partial charge >= 0.3 is 0 Å². The first-order valence-electron chi connectivity index (χ1n) is 10.3. The van der Waals surface area contributed by atoms with Crippen LogP contribution >= 0.6 is 0 Å². The summed E-state index contributed by atoms with van der Waals surface area (Å²) in [5.41, 5.74) is 0.930. The van der Waals surface area contributed by atoms with Crippen LogP contribution in [0.2, 0.25) is 0 Å². The molecule has 144 valence electrons. The zero-order valence-electron chi connectivity index (χ0n) is 17.0. The molecule has 0 spiro atoms. The van der Waals surface area contributed by atoms with Crippen molar-refractivity contribution in [2.75, 3.05) is 32.8 Å². The Morgan fingerprint density at radius 3 is 1.84 bits per heavy atom. The van der Waals surface area contributed by atoms with Gasteiger partial charge in [-0.3, -0.25) is 0 Å². The molecule has 3 heteroatoms. The smallest absolute Gasteiger partial charge is 0.165 e. The third-order valence-electron chi connectivity index (χ3n) is 5.08. The lowest BCUT2D eigenvalue weighted by molar-refractivity contribution is -0.929. The summed E-state index contributed by atoms with van der Waals surface area (Å²) < 4.78 is 20.8. The van der Waals surface area contributed by atoms with Crippen LogP contribution in [0.4, 0.5) is 4.39 Å². The van der Waals surface area contributed by atoms with E-state index in [-0.39, 0.29) is 5.82 Å². The minimum Gasteiger partial charge on any atom is -0.490 e. The third kappa shape index (κ3) is 8.22. The molecule has 0 radical (unpaired) electrons. The fourth-order valence-corrected chi connectivity index (χ4v) is 3.46. The van der Waals surface area contributed by atoms with E-state index in [1.807, 2.05) is 13.0 Å². The van der Waals surface area contributed by atoms with E-state index < -0.39 is 0 Å². The Morgan fingerprint density at radius 2 is 1.36 bits per heavy atom. The Kier molecular flexibility index (Phi) is 10.8. The second-order valence-electron chi connectivity index (χ2n) is 7.43. The lowest BCUT2D eigenvalue weighted by Gasteiger charge is -2.39. The van der Waals surface area contributed by atoms with Gasteiger partial charge in [-0.25, -0.2) is 4.39 Å². The third-order valence-corrected chi connectivity index (χ3v) is 5.08. The molecule has 0 saturated carbocycles. The van der Waals surface area contributed by atoms with Gasteiger partial charge in [0.25, 0.3) is 0 Å². The fourth-order valence-electron chi connectivity index (χ4n) is 3.46. The van der Waals surface area contributed by atoms with Crippen LogP contribution in [-0.4, -0.2) is 37.3 Å². The van der Waals surface area contributed by atoms with E-state index >= 15 is 0 Å². The molecule has 1 rings (SSSR count). The summed E-state index contributed by atoms with van der Waals surface area (Å²) in [4.78, 5) is 0. The highest BCUT2D eigenvalue weighted by atomic mass is 19.1. The fraction of sp³-hybridized carbons (Fsp3) is 0.727. The summed E-state index contributed by atoms with van der Waals surface area (Å²) >= 11 is 0. The number of rotatable bonds is 14. The average molecular weight is 353 g/mol. The van der Waals surface area contributed by atoms with Crippen molar-refractivity contribution in [1.29, 1.82) is 0 Å². The minimum atomic E-state index is -0.247. The molecule has 2 nitrogen and oxygen atoms in total. The zero-order valence-corrected chi connectivity index (χ0v) is 17.0. The van der Waals surface area contributed by atoms with Crippen LogP contribution in [0.25, 0.3) is 0 Å². The molecule has 0 amide bonds. The maximum Gasteiger partial charge on any atom is 0.165 e. The van der Waals surface area contributed by atoms with E-state index in [0.717, 1.165) is 18.5 Å². The van der Waals surface area contributed by atoms with Gasteiger partial charge in [-0.05, 0) is 43.9 Å². The number of hydrogen-bond acceptors (Lipinski definition) is 1. The summed E-state index contributed by atoms with van der Waals surface area (Å²) in [6.07, 6.45) is 8.63. The Hall–Kier alpha value is -1.09. The molecule has 0 fully saturated rings. The van der Waals surface area contributed by atoms with Crippen LogP contribution in [0.3, 0.4) is 0 Å². The van der Waals surface area contributed by atoms with Crippen LogP contribution in [0, 0.1) is 12.7 Å². The van der Waals surface area contributed by atoms with Crippen LogP contribution in [-0.2, 0) is 0 Å². The van der Waals surface area contributed by atoms with E-state index in [1.165, 1.54) is 62.6 Å². The van der Waals surface area contributed by atoms with Crippen LogP contribution in [0.15, 0.2) is 18.2 Å². The van der Waals surface area contributed by atoms with Crippen molar-refractivity contribution in [3.63, 3.8) is 0 Å². The number of halogens is 1. The van der Waals surface area contributed by atoms with Gasteiger partial charge in [-0.2, -0.15) is 0 Å². The normalized spacial score (nSPS) is 11.7. The second kappa shape index (κ2) is 12.3. The molecular formula is C22H39FNO+. The first-order chi connectivity index (χ1) is 12.1. The molecule has 1 aromatic carbocycles. The Bertz CT molecular complexity index is 453. The summed E-state index contributed by atoms with van der Waals surface area (Å²) in [6.45, 7) is 14.3. The minimum absolute atomic E-state index is 0.247. The van der Waals surface area contributed by atoms with Gasteiger partial charge in [0.15, 0.2) is 11.6 Å². The molecule has 0 unspecified atom stereocenters. The number of unbranched alkanes of at least 4 members (excludes halogenated alkanes) is 3. The Morgan fingerprint density at radius 1 is 0.840 bits per heavy atom.